The van der Waals surface area contributed by atoms with Gasteiger partial charge in [0, 0.05) is 18.2 Å². The average molecular weight is 384 g/mol. The van der Waals surface area contributed by atoms with Gasteiger partial charge in [0.2, 0.25) is 5.95 Å². The zero-order valence-electron chi connectivity index (χ0n) is 16.2. The zero-order chi connectivity index (χ0) is 19.7. The third-order valence-electron chi connectivity index (χ3n) is 4.59. The molecule has 2 aromatic carbocycles. The van der Waals surface area contributed by atoms with Gasteiger partial charge < -0.3 is 15.1 Å². The number of rotatable bonds is 9. The van der Waals surface area contributed by atoms with Crippen molar-refractivity contribution in [3.05, 3.63) is 96.4 Å². The fraction of sp³-hybridized carbons (Fsp3) is 0.167. The van der Waals surface area contributed by atoms with Gasteiger partial charge in [0.05, 0.1) is 18.5 Å². The number of benzene rings is 2. The van der Waals surface area contributed by atoms with Crippen molar-refractivity contribution >= 4 is 11.8 Å². The van der Waals surface area contributed by atoms with Crippen molar-refractivity contribution in [1.29, 1.82) is 0 Å². The van der Waals surface area contributed by atoms with Crippen molar-refractivity contribution in [3.8, 4) is 11.3 Å². The Morgan fingerprint density at radius 2 is 1.59 bits per heavy atom. The Morgan fingerprint density at radius 3 is 2.34 bits per heavy atom. The van der Waals surface area contributed by atoms with Crippen LogP contribution in [0.3, 0.4) is 0 Å². The molecule has 4 aromatic rings. The van der Waals surface area contributed by atoms with Gasteiger partial charge in [-0.1, -0.05) is 60.7 Å². The fourth-order valence-electron chi connectivity index (χ4n) is 3.11. The van der Waals surface area contributed by atoms with Crippen LogP contribution in [-0.4, -0.2) is 16.5 Å². The number of aryl methyl sites for hydroxylation is 1. The predicted octanol–water partition coefficient (Wildman–Crippen LogP) is 5.39. The number of hydrogen-bond acceptors (Lipinski definition) is 5. The van der Waals surface area contributed by atoms with E-state index in [1.807, 2.05) is 42.5 Å². The van der Waals surface area contributed by atoms with Crippen molar-refractivity contribution in [2.45, 2.75) is 19.4 Å². The molecule has 0 aliphatic rings. The molecule has 0 saturated heterocycles. The monoisotopic (exact) mass is 384 g/mol. The molecule has 0 unspecified atom stereocenters. The summed E-state index contributed by atoms with van der Waals surface area (Å²) in [6.45, 7) is 1.39. The maximum absolute atomic E-state index is 5.39. The molecule has 0 atom stereocenters. The Kier molecular flexibility index (Phi) is 6.18. The van der Waals surface area contributed by atoms with E-state index < -0.39 is 0 Å². The molecule has 5 heteroatoms. The molecular weight excluding hydrogens is 360 g/mol. The lowest BCUT2D eigenvalue weighted by molar-refractivity contribution is 0.517. The maximum atomic E-state index is 5.39. The quantitative estimate of drug-likeness (QED) is 0.379. The predicted molar refractivity (Wildman–Crippen MR) is 117 cm³/mol. The van der Waals surface area contributed by atoms with E-state index in [-0.39, 0.29) is 0 Å². The van der Waals surface area contributed by atoms with Crippen LogP contribution in [0.5, 0.6) is 0 Å². The van der Waals surface area contributed by atoms with Crippen LogP contribution in [0, 0.1) is 0 Å². The Hall–Kier alpha value is -3.60. The third-order valence-corrected chi connectivity index (χ3v) is 4.59. The second-order valence-electron chi connectivity index (χ2n) is 6.78. The van der Waals surface area contributed by atoms with E-state index in [1.54, 1.807) is 6.26 Å². The largest absolute Gasteiger partial charge is 0.467 e. The normalized spacial score (nSPS) is 10.6. The topological polar surface area (TPSA) is 63.0 Å². The van der Waals surface area contributed by atoms with E-state index >= 15 is 0 Å². The maximum Gasteiger partial charge on any atom is 0.225 e. The number of nitrogens with one attached hydrogen (secondary N) is 2. The second-order valence-corrected chi connectivity index (χ2v) is 6.78. The summed E-state index contributed by atoms with van der Waals surface area (Å²) in [6, 6.07) is 26.5. The first-order valence-corrected chi connectivity index (χ1v) is 9.85. The summed E-state index contributed by atoms with van der Waals surface area (Å²) in [7, 11) is 0. The molecule has 2 N–H and O–H groups in total. The zero-order valence-corrected chi connectivity index (χ0v) is 16.2. The van der Waals surface area contributed by atoms with E-state index in [0.717, 1.165) is 42.2 Å². The molecule has 29 heavy (non-hydrogen) atoms. The van der Waals surface area contributed by atoms with Gasteiger partial charge in [0.15, 0.2) is 0 Å². The summed E-state index contributed by atoms with van der Waals surface area (Å²) < 4.78 is 5.39. The summed E-state index contributed by atoms with van der Waals surface area (Å²) in [5, 5.41) is 6.70. The first-order chi connectivity index (χ1) is 14.4. The molecule has 2 heterocycles. The number of hydrogen-bond donors (Lipinski definition) is 2. The van der Waals surface area contributed by atoms with Gasteiger partial charge in [-0.3, -0.25) is 0 Å². The van der Waals surface area contributed by atoms with Gasteiger partial charge in [-0.25, -0.2) is 4.98 Å². The SMILES string of the molecule is c1ccc(CCCNc2cc(-c3ccccc3)nc(NCc3ccco3)n2)cc1. The molecule has 0 saturated carbocycles. The molecule has 146 valence electrons. The van der Waals surface area contributed by atoms with E-state index in [0.29, 0.717) is 12.5 Å². The molecule has 0 aliphatic carbocycles. The van der Waals surface area contributed by atoms with E-state index in [1.165, 1.54) is 5.56 Å². The minimum Gasteiger partial charge on any atom is -0.467 e. The Labute approximate surface area is 170 Å². The van der Waals surface area contributed by atoms with Crippen LogP contribution < -0.4 is 10.6 Å². The van der Waals surface area contributed by atoms with Crippen LogP contribution in [0.2, 0.25) is 0 Å². The summed E-state index contributed by atoms with van der Waals surface area (Å²) in [5.74, 6) is 2.23. The van der Waals surface area contributed by atoms with Gasteiger partial charge in [0.25, 0.3) is 0 Å². The van der Waals surface area contributed by atoms with E-state index in [9.17, 15) is 0 Å². The van der Waals surface area contributed by atoms with Gasteiger partial charge in [-0.05, 0) is 30.5 Å². The fourth-order valence-corrected chi connectivity index (χ4v) is 3.11. The average Bonchev–Trinajstić information content (AvgIpc) is 3.30. The summed E-state index contributed by atoms with van der Waals surface area (Å²) in [4.78, 5) is 9.30. The van der Waals surface area contributed by atoms with Crippen LogP contribution in [0.4, 0.5) is 11.8 Å². The van der Waals surface area contributed by atoms with Crippen LogP contribution in [-0.2, 0) is 13.0 Å². The Bertz CT molecular complexity index is 1000. The molecule has 4 rings (SSSR count). The minimum absolute atomic E-state index is 0.540. The number of nitrogens with zero attached hydrogens (tertiary/aromatic N) is 2. The van der Waals surface area contributed by atoms with Crippen LogP contribution in [0.15, 0.2) is 89.5 Å². The summed E-state index contributed by atoms with van der Waals surface area (Å²) >= 11 is 0. The number of anilines is 2. The molecular formula is C24H24N4O. The smallest absolute Gasteiger partial charge is 0.225 e. The highest BCUT2D eigenvalue weighted by Gasteiger charge is 2.07. The van der Waals surface area contributed by atoms with Crippen LogP contribution in [0.25, 0.3) is 11.3 Å². The van der Waals surface area contributed by atoms with Crippen molar-refractivity contribution in [2.75, 3.05) is 17.2 Å². The molecule has 0 spiro atoms. The highest BCUT2D eigenvalue weighted by atomic mass is 16.3. The van der Waals surface area contributed by atoms with Crippen molar-refractivity contribution in [3.63, 3.8) is 0 Å². The molecule has 0 amide bonds. The lowest BCUT2D eigenvalue weighted by Gasteiger charge is -2.11. The number of aromatic nitrogens is 2. The molecule has 0 aliphatic heterocycles. The lowest BCUT2D eigenvalue weighted by Crippen LogP contribution is -2.09. The first-order valence-electron chi connectivity index (χ1n) is 9.85. The van der Waals surface area contributed by atoms with E-state index in [4.69, 9.17) is 4.42 Å². The van der Waals surface area contributed by atoms with Crippen molar-refractivity contribution in [1.82, 2.24) is 9.97 Å². The van der Waals surface area contributed by atoms with Crippen molar-refractivity contribution in [2.24, 2.45) is 0 Å². The van der Waals surface area contributed by atoms with E-state index in [2.05, 4.69) is 57.0 Å². The lowest BCUT2D eigenvalue weighted by atomic mass is 10.1. The molecule has 2 aromatic heterocycles. The molecule has 5 nitrogen and oxygen atoms in total. The van der Waals surface area contributed by atoms with Crippen molar-refractivity contribution < 1.29 is 4.42 Å². The van der Waals surface area contributed by atoms with Gasteiger partial charge in [-0.2, -0.15) is 4.98 Å². The highest BCUT2D eigenvalue weighted by molar-refractivity contribution is 5.64. The third kappa shape index (κ3) is 5.45. The summed E-state index contributed by atoms with van der Waals surface area (Å²) in [5.41, 5.74) is 3.29. The summed E-state index contributed by atoms with van der Waals surface area (Å²) in [6.07, 6.45) is 3.73. The Morgan fingerprint density at radius 1 is 0.793 bits per heavy atom. The Balaban J connectivity index is 1.45. The van der Waals surface area contributed by atoms with Gasteiger partial charge >= 0.3 is 0 Å². The molecule has 0 fully saturated rings. The van der Waals surface area contributed by atoms with Gasteiger partial charge in [0.1, 0.15) is 11.6 Å². The minimum atomic E-state index is 0.540. The second kappa shape index (κ2) is 9.55. The van der Waals surface area contributed by atoms with Crippen LogP contribution >= 0.6 is 0 Å². The first kappa shape index (κ1) is 18.7. The molecule has 0 radical (unpaired) electrons. The molecule has 0 bridgehead atoms. The number of furan rings is 1. The highest BCUT2D eigenvalue weighted by Crippen LogP contribution is 2.21. The standard InChI is InChI=1S/C24H24N4O/c1-3-9-19(10-4-1)11-7-15-25-23-17-22(20-12-5-2-6-13-20)27-24(28-23)26-18-21-14-8-16-29-21/h1-6,8-10,12-14,16-17H,7,11,15,18H2,(H2,25,26,27,28). The van der Waals surface area contributed by atoms with Crippen LogP contribution in [0.1, 0.15) is 17.7 Å². The van der Waals surface area contributed by atoms with Gasteiger partial charge in [-0.15, -0.1) is 0 Å².